The number of benzene rings is 1. The molecule has 0 radical (unpaired) electrons. The fraction of sp³-hybridized carbons (Fsp3) is 0.381. The second-order valence-electron chi connectivity index (χ2n) is 7.23. The fourth-order valence-corrected chi connectivity index (χ4v) is 5.58. The van der Waals surface area contributed by atoms with Crippen molar-refractivity contribution in [2.24, 2.45) is 0 Å². The Morgan fingerprint density at radius 1 is 1.21 bits per heavy atom. The largest absolute Gasteiger partial charge is 0.384 e. The predicted molar refractivity (Wildman–Crippen MR) is 123 cm³/mol. The number of rotatable bonds is 6. The molecule has 1 aliphatic heterocycles. The first kappa shape index (κ1) is 19.7. The van der Waals surface area contributed by atoms with E-state index < -0.39 is 0 Å². The molecule has 7 heteroatoms. The lowest BCUT2D eigenvalue weighted by Crippen LogP contribution is -2.42. The number of aromatic amines is 1. The van der Waals surface area contributed by atoms with Gasteiger partial charge in [0.2, 0.25) is 0 Å². The number of para-hydroxylation sites is 1. The summed E-state index contributed by atoms with van der Waals surface area (Å²) in [6.07, 6.45) is 5.33. The van der Waals surface area contributed by atoms with Gasteiger partial charge in [0, 0.05) is 45.6 Å². The van der Waals surface area contributed by atoms with Crippen LogP contribution < -0.4 is 21.4 Å². The van der Waals surface area contributed by atoms with Gasteiger partial charge in [0.25, 0.3) is 0 Å². The first-order chi connectivity index (χ1) is 13.6. The number of fused-ring (bicyclic) bond motifs is 1. The van der Waals surface area contributed by atoms with Gasteiger partial charge in [-0.2, -0.15) is 0 Å². The van der Waals surface area contributed by atoms with Crippen LogP contribution in [0.25, 0.3) is 10.9 Å². The Morgan fingerprint density at radius 3 is 2.96 bits per heavy atom. The second-order valence-corrected chi connectivity index (χ2v) is 9.26. The van der Waals surface area contributed by atoms with Crippen molar-refractivity contribution in [2.45, 2.75) is 30.1 Å². The van der Waals surface area contributed by atoms with E-state index in [9.17, 15) is 4.79 Å². The molecule has 28 heavy (non-hydrogen) atoms. The van der Waals surface area contributed by atoms with Gasteiger partial charge in [-0.15, -0.1) is 0 Å². The van der Waals surface area contributed by atoms with Gasteiger partial charge in [0.05, 0.1) is 5.52 Å². The topological polar surface area (TPSA) is 69.0 Å². The third-order valence-electron chi connectivity index (χ3n) is 5.25. The van der Waals surface area contributed by atoms with E-state index in [2.05, 4.69) is 58.9 Å². The predicted octanol–water partition coefficient (Wildman–Crippen LogP) is 3.98. The van der Waals surface area contributed by atoms with Crippen LogP contribution in [0, 0.1) is 0 Å². The molecule has 0 saturated heterocycles. The maximum Gasteiger partial charge on any atom is 0.191 e. The molecule has 148 valence electrons. The quantitative estimate of drug-likeness (QED) is 0.352. The van der Waals surface area contributed by atoms with Gasteiger partial charge in [0.1, 0.15) is 5.82 Å². The summed E-state index contributed by atoms with van der Waals surface area (Å²) >= 11 is 7.41. The molecule has 0 amide bonds. The Kier molecular flexibility index (Phi) is 6.23. The molecule has 1 aromatic heterocycles. The summed E-state index contributed by atoms with van der Waals surface area (Å²) in [5.74, 6) is 0.777. The van der Waals surface area contributed by atoms with E-state index in [0.29, 0.717) is 10.9 Å². The second kappa shape index (κ2) is 8.84. The summed E-state index contributed by atoms with van der Waals surface area (Å²) in [4.78, 5) is 15.9. The number of aromatic nitrogens is 1. The molecule has 2 unspecified atom stereocenters. The average molecular weight is 508 g/mol. The third kappa shape index (κ3) is 4.36. The summed E-state index contributed by atoms with van der Waals surface area (Å²) in [7, 11) is 0. The van der Waals surface area contributed by atoms with Gasteiger partial charge in [0.15, 0.2) is 5.43 Å². The molecular weight excluding hydrogens is 484 g/mol. The van der Waals surface area contributed by atoms with Crippen LogP contribution in [0.1, 0.15) is 19.3 Å². The number of H-pyrrole nitrogens is 1. The smallest absolute Gasteiger partial charge is 0.191 e. The van der Waals surface area contributed by atoms with Crippen LogP contribution in [0.5, 0.6) is 0 Å². The molecule has 2 heterocycles. The zero-order valence-corrected chi connectivity index (χ0v) is 18.7. The molecule has 0 spiro atoms. The Labute approximate surface area is 181 Å². The zero-order chi connectivity index (χ0) is 19.5. The number of alkyl halides is 1. The molecular formula is C21H24Br2N4O. The van der Waals surface area contributed by atoms with Crippen LogP contribution in [-0.2, 0) is 0 Å². The molecule has 2 aliphatic rings. The molecule has 0 fully saturated rings. The lowest BCUT2D eigenvalue weighted by molar-refractivity contribution is 0.477. The maximum atomic E-state index is 12.2. The van der Waals surface area contributed by atoms with Gasteiger partial charge in [-0.3, -0.25) is 4.79 Å². The first-order valence-corrected chi connectivity index (χ1v) is 11.4. The first-order valence-electron chi connectivity index (χ1n) is 9.70. The van der Waals surface area contributed by atoms with Crippen LogP contribution in [0.15, 0.2) is 57.0 Å². The van der Waals surface area contributed by atoms with Crippen molar-refractivity contribution >= 4 is 48.6 Å². The van der Waals surface area contributed by atoms with Crippen molar-refractivity contribution in [1.82, 2.24) is 15.6 Å². The number of pyridine rings is 1. The summed E-state index contributed by atoms with van der Waals surface area (Å²) in [6.45, 7) is 2.73. The van der Waals surface area contributed by atoms with E-state index in [1.807, 2.05) is 24.3 Å². The van der Waals surface area contributed by atoms with Crippen LogP contribution >= 0.6 is 31.9 Å². The molecule has 0 saturated carbocycles. The molecule has 1 aliphatic carbocycles. The Balaban J connectivity index is 1.30. The number of allylic oxidation sites excluding steroid dienone is 2. The van der Waals surface area contributed by atoms with E-state index in [0.717, 1.165) is 60.1 Å². The Hall–Kier alpha value is -1.57. The van der Waals surface area contributed by atoms with Gasteiger partial charge in [-0.05, 0) is 59.4 Å². The minimum atomic E-state index is 0.0457. The SMILES string of the molecule is O=c1cc(NCCCNC2CCNC3=C2CC(Br)C=C3Br)[nH]c2ccccc12. The average Bonchev–Trinajstić information content (AvgIpc) is 2.68. The molecule has 4 N–H and O–H groups in total. The normalized spacial score (nSPS) is 21.9. The van der Waals surface area contributed by atoms with Crippen molar-refractivity contribution in [1.29, 1.82) is 0 Å². The Morgan fingerprint density at radius 2 is 2.07 bits per heavy atom. The molecule has 0 bridgehead atoms. The maximum absolute atomic E-state index is 12.2. The van der Waals surface area contributed by atoms with E-state index in [-0.39, 0.29) is 5.43 Å². The minimum absolute atomic E-state index is 0.0457. The van der Waals surface area contributed by atoms with Gasteiger partial charge in [-0.1, -0.05) is 34.1 Å². The number of anilines is 1. The highest BCUT2D eigenvalue weighted by atomic mass is 79.9. The molecule has 1 aromatic carbocycles. The van der Waals surface area contributed by atoms with Crippen molar-refractivity contribution < 1.29 is 0 Å². The molecule has 2 aromatic rings. The zero-order valence-electron chi connectivity index (χ0n) is 15.5. The van der Waals surface area contributed by atoms with E-state index >= 15 is 0 Å². The minimum Gasteiger partial charge on any atom is -0.384 e. The summed E-state index contributed by atoms with van der Waals surface area (Å²) in [5, 5.41) is 11.3. The molecule has 4 rings (SSSR count). The lowest BCUT2D eigenvalue weighted by atomic mass is 9.90. The number of nitrogens with one attached hydrogen (secondary N) is 4. The Bertz CT molecular complexity index is 982. The van der Waals surface area contributed by atoms with Crippen LogP contribution in [-0.4, -0.2) is 35.5 Å². The van der Waals surface area contributed by atoms with Crippen molar-refractivity contribution in [3.63, 3.8) is 0 Å². The highest BCUT2D eigenvalue weighted by Crippen LogP contribution is 2.35. The summed E-state index contributed by atoms with van der Waals surface area (Å²) < 4.78 is 1.16. The van der Waals surface area contributed by atoms with E-state index in [1.54, 1.807) is 6.07 Å². The number of halogens is 2. The molecule has 2 atom stereocenters. The standard InChI is InChI=1S/C21H24Br2N4O/c22-13-10-15-17(6-9-26-21(15)16(23)11-13)24-7-3-8-25-20-12-19(28)14-4-1-2-5-18(14)27-20/h1-2,4-5,11-13,17,24,26H,3,6-10H2,(H2,25,27,28). The summed E-state index contributed by atoms with van der Waals surface area (Å²) in [6, 6.07) is 9.65. The molecule has 5 nitrogen and oxygen atoms in total. The van der Waals surface area contributed by atoms with Crippen LogP contribution in [0.4, 0.5) is 5.82 Å². The highest BCUT2D eigenvalue weighted by Gasteiger charge is 2.28. The van der Waals surface area contributed by atoms with Gasteiger partial charge >= 0.3 is 0 Å². The number of hydrogen-bond acceptors (Lipinski definition) is 4. The lowest BCUT2D eigenvalue weighted by Gasteiger charge is -2.34. The fourth-order valence-electron chi connectivity index (χ4n) is 3.90. The van der Waals surface area contributed by atoms with E-state index in [4.69, 9.17) is 0 Å². The highest BCUT2D eigenvalue weighted by molar-refractivity contribution is 9.12. The van der Waals surface area contributed by atoms with Gasteiger partial charge < -0.3 is 20.9 Å². The van der Waals surface area contributed by atoms with Crippen molar-refractivity contribution in [3.8, 4) is 0 Å². The third-order valence-corrected chi connectivity index (χ3v) is 6.50. The van der Waals surface area contributed by atoms with Gasteiger partial charge in [-0.25, -0.2) is 0 Å². The van der Waals surface area contributed by atoms with Crippen molar-refractivity contribution in [3.05, 3.63) is 62.4 Å². The summed E-state index contributed by atoms with van der Waals surface area (Å²) in [5.41, 5.74) is 3.62. The van der Waals surface area contributed by atoms with Crippen LogP contribution in [0.3, 0.4) is 0 Å². The number of hydrogen-bond donors (Lipinski definition) is 4. The van der Waals surface area contributed by atoms with E-state index in [1.165, 1.54) is 11.3 Å². The van der Waals surface area contributed by atoms with Crippen molar-refractivity contribution in [2.75, 3.05) is 25.0 Å². The monoisotopic (exact) mass is 506 g/mol. The van der Waals surface area contributed by atoms with Crippen LogP contribution in [0.2, 0.25) is 0 Å².